The Balaban J connectivity index is 2.31. The minimum Gasteiger partial charge on any atom is -0.573 e. The van der Waals surface area contributed by atoms with Crippen LogP contribution in [0, 0.1) is 11.3 Å². The average molecular weight is 317 g/mol. The summed E-state index contributed by atoms with van der Waals surface area (Å²) in [6, 6.07) is 12.5. The van der Waals surface area contributed by atoms with Crippen LogP contribution in [0.5, 0.6) is 5.75 Å². The number of hydrogen-bond acceptors (Lipinski definition) is 4. The zero-order chi connectivity index (χ0) is 16.2. The van der Waals surface area contributed by atoms with E-state index in [2.05, 4.69) is 10.5 Å². The minimum atomic E-state index is -3.83. The highest BCUT2D eigenvalue weighted by Crippen LogP contribution is 2.30. The summed E-state index contributed by atoms with van der Waals surface area (Å²) in [5.41, 5.74) is 5.16. The topological polar surface area (TPSA) is 109 Å². The molecule has 22 heavy (non-hydrogen) atoms. The first-order valence-electron chi connectivity index (χ1n) is 6.44. The standard InChI is InChI=1S/C15H14N3O3S/c1-21-15-7-6-14(8-12(15)10-17)22(19,20)18-13-4-2-11(9-16)3-5-13/h2-8H,10,17H2,1H3/q-1/p+1. The average Bonchev–Trinajstić information content (AvgIpc) is 2.54. The zero-order valence-corrected chi connectivity index (χ0v) is 12.8. The van der Waals surface area contributed by atoms with E-state index < -0.39 is 10.0 Å². The third-order valence-electron chi connectivity index (χ3n) is 3.04. The van der Waals surface area contributed by atoms with Crippen LogP contribution in [0.15, 0.2) is 47.4 Å². The molecule has 2 rings (SSSR count). The Morgan fingerprint density at radius 2 is 1.91 bits per heavy atom. The van der Waals surface area contributed by atoms with Crippen molar-refractivity contribution in [2.24, 2.45) is 0 Å². The van der Waals surface area contributed by atoms with Crippen LogP contribution < -0.4 is 10.5 Å². The number of quaternary nitrogens is 1. The Bertz CT molecular complexity index is 809. The van der Waals surface area contributed by atoms with Crippen LogP contribution in [-0.4, -0.2) is 15.5 Å². The van der Waals surface area contributed by atoms with Crippen molar-refractivity contribution in [3.63, 3.8) is 0 Å². The molecule has 0 aromatic heterocycles. The molecule has 0 bridgehead atoms. The lowest BCUT2D eigenvalue weighted by Crippen LogP contribution is -2.47. The number of ether oxygens (including phenoxy) is 1. The van der Waals surface area contributed by atoms with Crippen LogP contribution in [0.1, 0.15) is 11.1 Å². The first-order valence-corrected chi connectivity index (χ1v) is 7.88. The number of nitriles is 1. The molecule has 2 aromatic carbocycles. The summed E-state index contributed by atoms with van der Waals surface area (Å²) in [5, 5.41) is 8.73. The first kappa shape index (κ1) is 15.8. The van der Waals surface area contributed by atoms with Gasteiger partial charge in [-0.2, -0.15) is 5.26 Å². The van der Waals surface area contributed by atoms with Crippen molar-refractivity contribution in [2.75, 3.05) is 7.11 Å². The Kier molecular flexibility index (Phi) is 4.65. The fourth-order valence-corrected chi connectivity index (χ4v) is 2.93. The van der Waals surface area contributed by atoms with Crippen molar-refractivity contribution >= 4 is 15.7 Å². The van der Waals surface area contributed by atoms with Crippen molar-refractivity contribution < 1.29 is 18.9 Å². The van der Waals surface area contributed by atoms with Crippen LogP contribution in [0.3, 0.4) is 0 Å². The van der Waals surface area contributed by atoms with E-state index in [1.807, 2.05) is 6.07 Å². The molecule has 0 saturated heterocycles. The van der Waals surface area contributed by atoms with Gasteiger partial charge in [-0.25, -0.2) is 8.42 Å². The van der Waals surface area contributed by atoms with E-state index >= 15 is 0 Å². The molecule has 0 spiro atoms. The van der Waals surface area contributed by atoms with E-state index in [-0.39, 0.29) is 10.6 Å². The van der Waals surface area contributed by atoms with Gasteiger partial charge in [-0.15, -0.1) is 5.69 Å². The molecule has 0 amide bonds. The van der Waals surface area contributed by atoms with Crippen molar-refractivity contribution in [2.45, 2.75) is 11.4 Å². The summed E-state index contributed by atoms with van der Waals surface area (Å²) in [7, 11) is -2.31. The monoisotopic (exact) mass is 317 g/mol. The lowest BCUT2D eigenvalue weighted by atomic mass is 10.2. The highest BCUT2D eigenvalue weighted by molar-refractivity contribution is 7.94. The van der Waals surface area contributed by atoms with Crippen LogP contribution in [0.4, 0.5) is 5.69 Å². The van der Waals surface area contributed by atoms with Gasteiger partial charge in [0.25, 0.3) is 0 Å². The second-order valence-electron chi connectivity index (χ2n) is 4.45. The fraction of sp³-hybridized carbons (Fsp3) is 0.133. The SMILES string of the molecule is COc1ccc(S(=O)(=O)[N-]c2ccc(C#N)cc2)cc1C[NH3+]. The normalized spacial score (nSPS) is 10.8. The molecule has 0 unspecified atom stereocenters. The molecule has 6 nitrogen and oxygen atoms in total. The predicted octanol–water partition coefficient (Wildman–Crippen LogP) is 1.70. The van der Waals surface area contributed by atoms with E-state index in [9.17, 15) is 8.42 Å². The molecule has 0 heterocycles. The summed E-state index contributed by atoms with van der Waals surface area (Å²) >= 11 is 0. The highest BCUT2D eigenvalue weighted by atomic mass is 32.2. The third kappa shape index (κ3) is 3.36. The molecule has 0 aliphatic carbocycles. The van der Waals surface area contributed by atoms with E-state index in [1.165, 1.54) is 43.5 Å². The molecule has 0 aliphatic rings. The van der Waals surface area contributed by atoms with Gasteiger partial charge >= 0.3 is 0 Å². The lowest BCUT2D eigenvalue weighted by molar-refractivity contribution is -0.386. The molecule has 7 heteroatoms. The van der Waals surface area contributed by atoms with Crippen LogP contribution in [-0.2, 0) is 16.6 Å². The minimum absolute atomic E-state index is 0.0799. The van der Waals surface area contributed by atoms with Gasteiger partial charge in [0, 0.05) is 5.56 Å². The number of rotatable bonds is 5. The van der Waals surface area contributed by atoms with Gasteiger partial charge in [0.2, 0.25) is 0 Å². The Morgan fingerprint density at radius 1 is 1.23 bits per heavy atom. The van der Waals surface area contributed by atoms with Gasteiger partial charge in [0.1, 0.15) is 22.3 Å². The molecule has 0 atom stereocenters. The molecule has 0 aliphatic heterocycles. The van der Waals surface area contributed by atoms with Crippen molar-refractivity contribution in [1.29, 1.82) is 5.26 Å². The van der Waals surface area contributed by atoms with Crippen LogP contribution in [0.2, 0.25) is 0 Å². The van der Waals surface area contributed by atoms with Crippen molar-refractivity contribution in [3.05, 3.63) is 58.3 Å². The Hall–Kier alpha value is -2.56. The number of nitrogens with zero attached hydrogens (tertiary/aromatic N) is 2. The van der Waals surface area contributed by atoms with Gasteiger partial charge < -0.3 is 15.2 Å². The van der Waals surface area contributed by atoms with Crippen LogP contribution >= 0.6 is 0 Å². The summed E-state index contributed by atoms with van der Waals surface area (Å²) in [4.78, 5) is 0.0799. The van der Waals surface area contributed by atoms with E-state index in [0.29, 0.717) is 23.4 Å². The van der Waals surface area contributed by atoms with E-state index in [4.69, 9.17) is 10.00 Å². The Morgan fingerprint density at radius 3 is 2.45 bits per heavy atom. The van der Waals surface area contributed by atoms with E-state index in [1.54, 1.807) is 6.07 Å². The summed E-state index contributed by atoms with van der Waals surface area (Å²) in [5.74, 6) is 0.590. The zero-order valence-electron chi connectivity index (χ0n) is 12.0. The van der Waals surface area contributed by atoms with Gasteiger partial charge in [-0.05, 0) is 30.3 Å². The summed E-state index contributed by atoms with van der Waals surface area (Å²) in [6.45, 7) is 0.406. The maximum absolute atomic E-state index is 12.3. The van der Waals surface area contributed by atoms with Crippen LogP contribution in [0.25, 0.3) is 4.72 Å². The van der Waals surface area contributed by atoms with Gasteiger partial charge in [0.15, 0.2) is 0 Å². The molecule has 3 N–H and O–H groups in total. The first-order chi connectivity index (χ1) is 10.5. The number of hydrogen-bond donors (Lipinski definition) is 1. The quantitative estimate of drug-likeness (QED) is 0.905. The molecule has 0 saturated carbocycles. The molecule has 0 fully saturated rings. The van der Waals surface area contributed by atoms with Gasteiger partial charge in [0.05, 0.1) is 23.6 Å². The number of methoxy groups -OCH3 is 1. The maximum atomic E-state index is 12.3. The highest BCUT2D eigenvalue weighted by Gasteiger charge is 2.10. The summed E-state index contributed by atoms with van der Waals surface area (Å²) in [6.07, 6.45) is 0. The third-order valence-corrected chi connectivity index (χ3v) is 4.34. The summed E-state index contributed by atoms with van der Waals surface area (Å²) < 4.78 is 33.6. The number of benzene rings is 2. The second kappa shape index (κ2) is 6.47. The van der Waals surface area contributed by atoms with Gasteiger partial charge in [-0.3, -0.25) is 0 Å². The molecular formula is C15H15N3O3S. The number of sulfonamides is 1. The van der Waals surface area contributed by atoms with E-state index in [0.717, 1.165) is 0 Å². The fourth-order valence-electron chi connectivity index (χ4n) is 1.90. The Labute approximate surface area is 129 Å². The second-order valence-corrected chi connectivity index (χ2v) is 6.05. The molecule has 0 radical (unpaired) electrons. The lowest BCUT2D eigenvalue weighted by Gasteiger charge is -2.22. The maximum Gasteiger partial charge on any atom is 0.127 e. The predicted molar refractivity (Wildman–Crippen MR) is 80.9 cm³/mol. The van der Waals surface area contributed by atoms with Crippen molar-refractivity contribution in [1.82, 2.24) is 0 Å². The molecule has 2 aromatic rings. The largest absolute Gasteiger partial charge is 0.573 e. The smallest absolute Gasteiger partial charge is 0.127 e. The van der Waals surface area contributed by atoms with Gasteiger partial charge in [-0.1, -0.05) is 12.1 Å². The molecular weight excluding hydrogens is 302 g/mol. The molecule has 114 valence electrons. The van der Waals surface area contributed by atoms with Crippen molar-refractivity contribution in [3.8, 4) is 11.8 Å².